The lowest BCUT2D eigenvalue weighted by Gasteiger charge is -2.21. The number of hydrogen-bond acceptors (Lipinski definition) is 1. The molecule has 1 aromatic carbocycles. The van der Waals surface area contributed by atoms with Gasteiger partial charge in [-0.15, -0.1) is 0 Å². The van der Waals surface area contributed by atoms with Crippen LogP contribution in [0.1, 0.15) is 62.0 Å². The molecule has 0 aliphatic heterocycles. The average Bonchev–Trinajstić information content (AvgIpc) is 2.39. The van der Waals surface area contributed by atoms with Gasteiger partial charge in [-0.25, -0.2) is 0 Å². The van der Waals surface area contributed by atoms with Gasteiger partial charge in [0.1, 0.15) is 0 Å². The minimum absolute atomic E-state index is 0.167. The molecular formula is C17H29NO. The number of hydrogen-bond donors (Lipinski definition) is 0. The lowest BCUT2D eigenvalue weighted by Crippen LogP contribution is -2.32. The van der Waals surface area contributed by atoms with Gasteiger partial charge in [0, 0.05) is 18.7 Å². The number of carbonyl (C=O) groups is 1. The van der Waals surface area contributed by atoms with Crippen molar-refractivity contribution in [1.82, 2.24) is 4.90 Å². The molecule has 0 heterocycles. The Bertz CT molecular complexity index is 359. The summed E-state index contributed by atoms with van der Waals surface area (Å²) in [6, 6.07) is 6.06. The van der Waals surface area contributed by atoms with Crippen LogP contribution in [0.3, 0.4) is 0 Å². The predicted molar refractivity (Wildman–Crippen MR) is 83.7 cm³/mol. The van der Waals surface area contributed by atoms with Gasteiger partial charge in [0.2, 0.25) is 0 Å². The van der Waals surface area contributed by atoms with Crippen LogP contribution in [0.15, 0.2) is 18.2 Å². The minimum atomic E-state index is 0.167. The van der Waals surface area contributed by atoms with E-state index in [4.69, 9.17) is 0 Å². The zero-order valence-corrected chi connectivity index (χ0v) is 13.4. The smallest absolute Gasteiger partial charge is 0.253 e. The van der Waals surface area contributed by atoms with Crippen molar-refractivity contribution < 1.29 is 4.79 Å². The fourth-order valence-electron chi connectivity index (χ4n) is 2.14. The Morgan fingerprint density at radius 3 is 1.74 bits per heavy atom. The van der Waals surface area contributed by atoms with E-state index in [1.165, 1.54) is 0 Å². The van der Waals surface area contributed by atoms with Gasteiger partial charge < -0.3 is 4.90 Å². The van der Waals surface area contributed by atoms with Crippen LogP contribution in [0.4, 0.5) is 0 Å². The minimum Gasteiger partial charge on any atom is -0.339 e. The summed E-state index contributed by atoms with van der Waals surface area (Å²) in [5.74, 6) is 0.167. The molecule has 2 heteroatoms. The standard InChI is InChI=1S/C15H23NO.C2H6/c1-5-7-16(8-6-2)15(17)14-10-12(3)9-13(4)11-14;1-2/h9-11H,5-8H2,1-4H3;1-2H3. The van der Waals surface area contributed by atoms with Gasteiger partial charge >= 0.3 is 0 Å². The summed E-state index contributed by atoms with van der Waals surface area (Å²) in [4.78, 5) is 14.3. The van der Waals surface area contributed by atoms with E-state index in [1.54, 1.807) is 0 Å². The molecule has 0 aliphatic rings. The van der Waals surface area contributed by atoms with Crippen LogP contribution < -0.4 is 0 Å². The topological polar surface area (TPSA) is 20.3 Å². The third-order valence-electron chi connectivity index (χ3n) is 2.74. The zero-order chi connectivity index (χ0) is 14.8. The van der Waals surface area contributed by atoms with Crippen molar-refractivity contribution in [3.8, 4) is 0 Å². The first-order valence-corrected chi connectivity index (χ1v) is 7.46. The Hall–Kier alpha value is -1.31. The molecule has 1 aromatic rings. The van der Waals surface area contributed by atoms with Crippen molar-refractivity contribution in [3.05, 3.63) is 34.9 Å². The number of carbonyl (C=O) groups excluding carboxylic acids is 1. The van der Waals surface area contributed by atoms with E-state index in [-0.39, 0.29) is 5.91 Å². The molecule has 2 nitrogen and oxygen atoms in total. The molecule has 0 saturated heterocycles. The van der Waals surface area contributed by atoms with Crippen LogP contribution in [0.2, 0.25) is 0 Å². The fourth-order valence-corrected chi connectivity index (χ4v) is 2.14. The summed E-state index contributed by atoms with van der Waals surface area (Å²) < 4.78 is 0. The average molecular weight is 263 g/mol. The molecule has 0 aromatic heterocycles. The van der Waals surface area contributed by atoms with Crippen LogP contribution in [0.25, 0.3) is 0 Å². The SMILES string of the molecule is CC.CCCN(CCC)C(=O)c1cc(C)cc(C)c1. The highest BCUT2D eigenvalue weighted by molar-refractivity contribution is 5.94. The van der Waals surface area contributed by atoms with Crippen molar-refractivity contribution in [2.75, 3.05) is 13.1 Å². The molecule has 0 N–H and O–H groups in total. The van der Waals surface area contributed by atoms with E-state index >= 15 is 0 Å². The molecule has 0 radical (unpaired) electrons. The van der Waals surface area contributed by atoms with Crippen molar-refractivity contribution in [2.45, 2.75) is 54.4 Å². The maximum atomic E-state index is 12.4. The molecule has 108 valence electrons. The predicted octanol–water partition coefficient (Wildman–Crippen LogP) is 4.59. The summed E-state index contributed by atoms with van der Waals surface area (Å²) >= 11 is 0. The summed E-state index contributed by atoms with van der Waals surface area (Å²) in [6.45, 7) is 14.0. The zero-order valence-electron chi connectivity index (χ0n) is 13.4. The number of benzene rings is 1. The van der Waals surface area contributed by atoms with Gasteiger partial charge in [-0.3, -0.25) is 4.79 Å². The second-order valence-corrected chi connectivity index (χ2v) is 4.67. The van der Waals surface area contributed by atoms with Crippen LogP contribution in [-0.4, -0.2) is 23.9 Å². The van der Waals surface area contributed by atoms with Crippen LogP contribution >= 0.6 is 0 Å². The van der Waals surface area contributed by atoms with Crippen molar-refractivity contribution in [3.63, 3.8) is 0 Å². The van der Waals surface area contributed by atoms with Gasteiger partial charge in [0.05, 0.1) is 0 Å². The van der Waals surface area contributed by atoms with E-state index in [1.807, 2.05) is 44.7 Å². The van der Waals surface area contributed by atoms with Crippen molar-refractivity contribution in [2.24, 2.45) is 0 Å². The quantitative estimate of drug-likeness (QED) is 0.760. The van der Waals surface area contributed by atoms with Gasteiger partial charge in [-0.2, -0.15) is 0 Å². The second-order valence-electron chi connectivity index (χ2n) is 4.67. The molecule has 1 amide bonds. The highest BCUT2D eigenvalue weighted by atomic mass is 16.2. The van der Waals surface area contributed by atoms with Crippen molar-refractivity contribution in [1.29, 1.82) is 0 Å². The van der Waals surface area contributed by atoms with Crippen LogP contribution in [-0.2, 0) is 0 Å². The van der Waals surface area contributed by atoms with Crippen LogP contribution in [0.5, 0.6) is 0 Å². The molecule has 0 aliphatic carbocycles. The van der Waals surface area contributed by atoms with Gasteiger partial charge in [-0.1, -0.05) is 44.9 Å². The largest absolute Gasteiger partial charge is 0.339 e. The van der Waals surface area contributed by atoms with E-state index in [0.29, 0.717) is 0 Å². The van der Waals surface area contributed by atoms with Gasteiger partial charge in [-0.05, 0) is 38.8 Å². The molecule has 0 atom stereocenters. The maximum Gasteiger partial charge on any atom is 0.253 e. The molecule has 0 spiro atoms. The first-order valence-electron chi connectivity index (χ1n) is 7.46. The number of nitrogens with zero attached hydrogens (tertiary/aromatic N) is 1. The maximum absolute atomic E-state index is 12.4. The highest BCUT2D eigenvalue weighted by Gasteiger charge is 2.14. The lowest BCUT2D eigenvalue weighted by atomic mass is 10.1. The monoisotopic (exact) mass is 263 g/mol. The summed E-state index contributed by atoms with van der Waals surface area (Å²) in [5, 5.41) is 0. The van der Waals surface area contributed by atoms with E-state index in [9.17, 15) is 4.79 Å². The second kappa shape index (κ2) is 9.60. The van der Waals surface area contributed by atoms with Gasteiger partial charge in [0.25, 0.3) is 5.91 Å². The fraction of sp³-hybridized carbons (Fsp3) is 0.588. The lowest BCUT2D eigenvalue weighted by molar-refractivity contribution is 0.0755. The number of amides is 1. The molecule has 0 saturated carbocycles. The Kier molecular flexibility index (Phi) is 8.94. The Labute approximate surface area is 118 Å². The summed E-state index contributed by atoms with van der Waals surface area (Å²) in [6.07, 6.45) is 2.02. The molecular weight excluding hydrogens is 234 g/mol. The molecule has 0 bridgehead atoms. The van der Waals surface area contributed by atoms with Crippen molar-refractivity contribution >= 4 is 5.91 Å². The molecule has 0 unspecified atom stereocenters. The van der Waals surface area contributed by atoms with Crippen LogP contribution in [0, 0.1) is 13.8 Å². The summed E-state index contributed by atoms with van der Waals surface area (Å²) in [7, 11) is 0. The first kappa shape index (κ1) is 17.7. The van der Waals surface area contributed by atoms with Gasteiger partial charge in [0.15, 0.2) is 0 Å². The summed E-state index contributed by atoms with van der Waals surface area (Å²) in [5.41, 5.74) is 3.13. The number of aryl methyl sites for hydroxylation is 2. The Morgan fingerprint density at radius 2 is 1.37 bits per heavy atom. The molecule has 19 heavy (non-hydrogen) atoms. The first-order chi connectivity index (χ1) is 9.08. The highest BCUT2D eigenvalue weighted by Crippen LogP contribution is 2.12. The van der Waals surface area contributed by atoms with E-state index < -0.39 is 0 Å². The molecule has 1 rings (SSSR count). The number of rotatable bonds is 5. The molecule has 0 fully saturated rings. The third-order valence-corrected chi connectivity index (χ3v) is 2.74. The van der Waals surface area contributed by atoms with E-state index in [2.05, 4.69) is 19.9 Å². The Morgan fingerprint density at radius 1 is 0.947 bits per heavy atom. The normalized spacial score (nSPS) is 9.58. The van der Waals surface area contributed by atoms with E-state index in [0.717, 1.165) is 42.6 Å². The Balaban J connectivity index is 0.00000154. The third kappa shape index (κ3) is 5.91.